The first-order chi connectivity index (χ1) is 9.43. The molecule has 0 N–H and O–H groups in total. The Bertz CT molecular complexity index is 443. The first kappa shape index (κ1) is 16.6. The Morgan fingerprint density at radius 2 is 1.60 bits per heavy atom. The zero-order valence-corrected chi connectivity index (χ0v) is 13.6. The van der Waals surface area contributed by atoms with Crippen LogP contribution >= 0.6 is 0 Å². The molecule has 110 valence electrons. The van der Waals surface area contributed by atoms with Crippen LogP contribution in [0.5, 0.6) is 0 Å². The SMILES string of the molecule is Cc1ccc(N(CCC(C)C)CCC(C)C)c(C#N)c1. The minimum Gasteiger partial charge on any atom is -0.370 e. The average Bonchev–Trinajstić information content (AvgIpc) is 2.38. The number of rotatable bonds is 7. The highest BCUT2D eigenvalue weighted by molar-refractivity contribution is 5.60. The van der Waals surface area contributed by atoms with E-state index in [-0.39, 0.29) is 0 Å². The highest BCUT2D eigenvalue weighted by atomic mass is 15.1. The third-order valence-corrected chi connectivity index (χ3v) is 3.57. The molecular weight excluding hydrogens is 244 g/mol. The Hall–Kier alpha value is -1.49. The molecule has 0 atom stereocenters. The highest BCUT2D eigenvalue weighted by Crippen LogP contribution is 2.23. The number of hydrogen-bond acceptors (Lipinski definition) is 2. The van der Waals surface area contributed by atoms with E-state index in [0.717, 1.165) is 42.7 Å². The summed E-state index contributed by atoms with van der Waals surface area (Å²) in [5.74, 6) is 1.38. The molecule has 1 aromatic carbocycles. The maximum Gasteiger partial charge on any atom is 0.101 e. The molecule has 0 bridgehead atoms. The van der Waals surface area contributed by atoms with Crippen LogP contribution in [0.15, 0.2) is 18.2 Å². The van der Waals surface area contributed by atoms with Gasteiger partial charge in [-0.2, -0.15) is 5.26 Å². The molecule has 0 saturated heterocycles. The number of benzene rings is 1. The predicted molar refractivity (Wildman–Crippen MR) is 87.0 cm³/mol. The van der Waals surface area contributed by atoms with E-state index in [1.807, 2.05) is 13.0 Å². The lowest BCUT2D eigenvalue weighted by molar-refractivity contribution is 0.535. The highest BCUT2D eigenvalue weighted by Gasteiger charge is 2.12. The third-order valence-electron chi connectivity index (χ3n) is 3.57. The summed E-state index contributed by atoms with van der Waals surface area (Å²) >= 11 is 0. The van der Waals surface area contributed by atoms with Gasteiger partial charge in [0.05, 0.1) is 11.3 Å². The maximum absolute atomic E-state index is 9.37. The van der Waals surface area contributed by atoms with Crippen molar-refractivity contribution in [3.05, 3.63) is 29.3 Å². The van der Waals surface area contributed by atoms with Crippen molar-refractivity contribution < 1.29 is 0 Å². The van der Waals surface area contributed by atoms with E-state index in [0.29, 0.717) is 11.8 Å². The molecule has 0 saturated carbocycles. The van der Waals surface area contributed by atoms with E-state index in [1.54, 1.807) is 0 Å². The smallest absolute Gasteiger partial charge is 0.101 e. The van der Waals surface area contributed by atoms with Crippen LogP contribution in [-0.4, -0.2) is 13.1 Å². The lowest BCUT2D eigenvalue weighted by Crippen LogP contribution is -2.28. The standard InChI is InChI=1S/C18H28N2/c1-14(2)8-10-20(11-9-15(3)4)18-7-6-16(5)12-17(18)13-19/h6-7,12,14-15H,8-11H2,1-5H3. The van der Waals surface area contributed by atoms with Crippen molar-refractivity contribution >= 4 is 5.69 Å². The van der Waals surface area contributed by atoms with Crippen LogP contribution in [-0.2, 0) is 0 Å². The van der Waals surface area contributed by atoms with Gasteiger partial charge < -0.3 is 4.90 Å². The molecular formula is C18H28N2. The van der Waals surface area contributed by atoms with Crippen molar-refractivity contribution in [1.82, 2.24) is 0 Å². The van der Waals surface area contributed by atoms with Gasteiger partial charge in [0.25, 0.3) is 0 Å². The third kappa shape index (κ3) is 5.25. The van der Waals surface area contributed by atoms with Crippen molar-refractivity contribution in [2.75, 3.05) is 18.0 Å². The monoisotopic (exact) mass is 272 g/mol. The fourth-order valence-corrected chi connectivity index (χ4v) is 2.20. The van der Waals surface area contributed by atoms with Crippen LogP contribution in [0.4, 0.5) is 5.69 Å². The van der Waals surface area contributed by atoms with E-state index in [1.165, 1.54) is 0 Å². The van der Waals surface area contributed by atoms with Crippen LogP contribution in [0.1, 0.15) is 51.7 Å². The summed E-state index contributed by atoms with van der Waals surface area (Å²) in [5.41, 5.74) is 3.05. The largest absolute Gasteiger partial charge is 0.370 e. The maximum atomic E-state index is 9.37. The van der Waals surface area contributed by atoms with Gasteiger partial charge in [0.1, 0.15) is 6.07 Å². The normalized spacial score (nSPS) is 10.9. The topological polar surface area (TPSA) is 27.0 Å². The number of nitriles is 1. The number of anilines is 1. The Morgan fingerprint density at radius 1 is 1.05 bits per heavy atom. The second-order valence-electron chi connectivity index (χ2n) is 6.48. The van der Waals surface area contributed by atoms with Crippen LogP contribution < -0.4 is 4.90 Å². The van der Waals surface area contributed by atoms with Crippen molar-refractivity contribution in [2.24, 2.45) is 11.8 Å². The molecule has 0 aromatic heterocycles. The second-order valence-corrected chi connectivity index (χ2v) is 6.48. The van der Waals surface area contributed by atoms with Gasteiger partial charge >= 0.3 is 0 Å². The zero-order valence-electron chi connectivity index (χ0n) is 13.6. The molecule has 0 unspecified atom stereocenters. The molecule has 0 amide bonds. The number of aryl methyl sites for hydroxylation is 1. The second kappa shape index (κ2) is 7.94. The Morgan fingerprint density at radius 3 is 2.05 bits per heavy atom. The Balaban J connectivity index is 2.93. The first-order valence-electron chi connectivity index (χ1n) is 7.69. The van der Waals surface area contributed by atoms with Gasteiger partial charge in [0.15, 0.2) is 0 Å². The molecule has 20 heavy (non-hydrogen) atoms. The summed E-state index contributed by atoms with van der Waals surface area (Å²) in [6.45, 7) is 13.1. The molecule has 1 rings (SSSR count). The predicted octanol–water partition coefficient (Wildman–Crippen LogP) is 4.77. The van der Waals surface area contributed by atoms with Crippen LogP contribution in [0, 0.1) is 30.1 Å². The average molecular weight is 272 g/mol. The first-order valence-corrected chi connectivity index (χ1v) is 7.69. The van der Waals surface area contributed by atoms with Crippen molar-refractivity contribution in [3.8, 4) is 6.07 Å². The number of nitrogens with zero attached hydrogens (tertiary/aromatic N) is 2. The van der Waals surface area contributed by atoms with Crippen LogP contribution in [0.2, 0.25) is 0 Å². The summed E-state index contributed by atoms with van der Waals surface area (Å²) in [5, 5.41) is 9.37. The molecule has 0 radical (unpaired) electrons. The zero-order chi connectivity index (χ0) is 15.1. The van der Waals surface area contributed by atoms with Gasteiger partial charge in [0.2, 0.25) is 0 Å². The molecule has 2 nitrogen and oxygen atoms in total. The lowest BCUT2D eigenvalue weighted by atomic mass is 10.1. The van der Waals surface area contributed by atoms with Gasteiger partial charge in [-0.05, 0) is 49.3 Å². The molecule has 1 aromatic rings. The summed E-state index contributed by atoms with van der Waals surface area (Å²) in [4.78, 5) is 2.39. The Labute approximate surface area is 124 Å². The summed E-state index contributed by atoms with van der Waals surface area (Å²) in [6.07, 6.45) is 2.33. The van der Waals surface area contributed by atoms with E-state index in [2.05, 4.69) is 50.8 Å². The lowest BCUT2D eigenvalue weighted by Gasteiger charge is -2.27. The molecule has 0 aliphatic carbocycles. The quantitative estimate of drug-likeness (QED) is 0.715. The minimum atomic E-state index is 0.688. The van der Waals surface area contributed by atoms with E-state index >= 15 is 0 Å². The Kier molecular flexibility index (Phi) is 6.58. The van der Waals surface area contributed by atoms with Gasteiger partial charge in [-0.25, -0.2) is 0 Å². The number of hydrogen-bond donors (Lipinski definition) is 0. The van der Waals surface area contributed by atoms with E-state index in [9.17, 15) is 5.26 Å². The van der Waals surface area contributed by atoms with Gasteiger partial charge in [-0.15, -0.1) is 0 Å². The van der Waals surface area contributed by atoms with Crippen LogP contribution in [0.25, 0.3) is 0 Å². The van der Waals surface area contributed by atoms with E-state index in [4.69, 9.17) is 0 Å². The molecule has 0 spiro atoms. The molecule has 0 aliphatic rings. The van der Waals surface area contributed by atoms with Gasteiger partial charge in [-0.3, -0.25) is 0 Å². The summed E-state index contributed by atoms with van der Waals surface area (Å²) in [6, 6.07) is 8.55. The van der Waals surface area contributed by atoms with Crippen molar-refractivity contribution in [3.63, 3.8) is 0 Å². The molecule has 0 fully saturated rings. The van der Waals surface area contributed by atoms with Crippen molar-refractivity contribution in [2.45, 2.75) is 47.5 Å². The minimum absolute atomic E-state index is 0.688. The van der Waals surface area contributed by atoms with Gasteiger partial charge in [-0.1, -0.05) is 33.8 Å². The summed E-state index contributed by atoms with van der Waals surface area (Å²) in [7, 11) is 0. The molecule has 0 aliphatic heterocycles. The molecule has 0 heterocycles. The fraction of sp³-hybridized carbons (Fsp3) is 0.611. The van der Waals surface area contributed by atoms with Crippen LogP contribution in [0.3, 0.4) is 0 Å². The van der Waals surface area contributed by atoms with Gasteiger partial charge in [0, 0.05) is 13.1 Å². The summed E-state index contributed by atoms with van der Waals surface area (Å²) < 4.78 is 0. The molecule has 2 heteroatoms. The van der Waals surface area contributed by atoms with E-state index < -0.39 is 0 Å². The fourth-order valence-electron chi connectivity index (χ4n) is 2.20. The van der Waals surface area contributed by atoms with Crippen molar-refractivity contribution in [1.29, 1.82) is 5.26 Å².